The number of carbonyl (C=O) groups is 1. The van der Waals surface area contributed by atoms with Crippen molar-refractivity contribution in [2.45, 2.75) is 19.9 Å². The number of hydrogen-bond acceptors (Lipinski definition) is 2. The predicted octanol–water partition coefficient (Wildman–Crippen LogP) is 1.90. The van der Waals surface area contributed by atoms with E-state index in [1.165, 1.54) is 6.07 Å². The van der Waals surface area contributed by atoms with Gasteiger partial charge in [0.25, 0.3) is 0 Å². The van der Waals surface area contributed by atoms with Gasteiger partial charge in [-0.3, -0.25) is 4.79 Å². The van der Waals surface area contributed by atoms with E-state index in [1.807, 2.05) is 13.8 Å². The van der Waals surface area contributed by atoms with E-state index < -0.39 is 11.6 Å². The van der Waals surface area contributed by atoms with Crippen LogP contribution in [0.4, 0.5) is 14.5 Å². The second kappa shape index (κ2) is 5.55. The van der Waals surface area contributed by atoms with Crippen molar-refractivity contribution >= 4 is 11.6 Å². The number of hydrogen-bond donors (Lipinski definition) is 2. The summed E-state index contributed by atoms with van der Waals surface area (Å²) in [5.41, 5.74) is -0.0167. The van der Waals surface area contributed by atoms with Crippen LogP contribution in [0, 0.1) is 11.6 Å². The Labute approximate surface area is 92.8 Å². The first-order valence-corrected chi connectivity index (χ1v) is 4.97. The van der Waals surface area contributed by atoms with Crippen molar-refractivity contribution in [3.8, 4) is 0 Å². The summed E-state index contributed by atoms with van der Waals surface area (Å²) < 4.78 is 25.7. The van der Waals surface area contributed by atoms with Gasteiger partial charge in [0.05, 0.1) is 12.2 Å². The molecule has 2 N–H and O–H groups in total. The highest BCUT2D eigenvalue weighted by atomic mass is 19.1. The molecule has 88 valence electrons. The van der Waals surface area contributed by atoms with Crippen molar-refractivity contribution in [3.63, 3.8) is 0 Å². The number of nitrogens with one attached hydrogen (secondary N) is 2. The molecule has 0 unspecified atom stereocenters. The molecule has 5 heteroatoms. The van der Waals surface area contributed by atoms with E-state index in [2.05, 4.69) is 10.6 Å². The van der Waals surface area contributed by atoms with Crippen LogP contribution in [-0.4, -0.2) is 18.5 Å². The Morgan fingerprint density at radius 1 is 1.38 bits per heavy atom. The molecule has 0 fully saturated rings. The molecule has 1 aromatic rings. The lowest BCUT2D eigenvalue weighted by Gasteiger charge is -2.09. The van der Waals surface area contributed by atoms with Gasteiger partial charge < -0.3 is 10.6 Å². The van der Waals surface area contributed by atoms with Crippen LogP contribution >= 0.6 is 0 Å². The number of anilines is 1. The van der Waals surface area contributed by atoms with Gasteiger partial charge in [0.2, 0.25) is 5.91 Å². The molecule has 1 amide bonds. The zero-order chi connectivity index (χ0) is 12.1. The Kier molecular flexibility index (Phi) is 4.37. The monoisotopic (exact) mass is 228 g/mol. The van der Waals surface area contributed by atoms with Crippen molar-refractivity contribution < 1.29 is 13.6 Å². The van der Waals surface area contributed by atoms with Crippen LogP contribution in [0.3, 0.4) is 0 Å². The third-order valence-corrected chi connectivity index (χ3v) is 1.88. The summed E-state index contributed by atoms with van der Waals surface area (Å²) in [5, 5.41) is 5.24. The van der Waals surface area contributed by atoms with Crippen LogP contribution in [0.25, 0.3) is 0 Å². The first-order valence-electron chi connectivity index (χ1n) is 4.97. The second-order valence-corrected chi connectivity index (χ2v) is 3.71. The fourth-order valence-electron chi connectivity index (χ4n) is 1.08. The smallest absolute Gasteiger partial charge is 0.238 e. The third-order valence-electron chi connectivity index (χ3n) is 1.88. The zero-order valence-corrected chi connectivity index (χ0v) is 9.18. The van der Waals surface area contributed by atoms with Gasteiger partial charge in [0, 0.05) is 12.1 Å². The molecular formula is C11H14F2N2O. The Hall–Kier alpha value is -1.49. The van der Waals surface area contributed by atoms with E-state index in [1.54, 1.807) is 0 Å². The molecule has 16 heavy (non-hydrogen) atoms. The fraction of sp³-hybridized carbons (Fsp3) is 0.364. The highest BCUT2D eigenvalue weighted by molar-refractivity contribution is 5.92. The van der Waals surface area contributed by atoms with Crippen LogP contribution in [0.5, 0.6) is 0 Å². The Balaban J connectivity index is 2.56. The van der Waals surface area contributed by atoms with E-state index in [0.717, 1.165) is 12.1 Å². The standard InChI is InChI=1S/C11H14F2N2O/c1-7(2)14-6-11(16)15-10-4-3-8(12)5-9(10)13/h3-5,7,14H,6H2,1-2H3,(H,15,16). The number of amides is 1. The van der Waals surface area contributed by atoms with Gasteiger partial charge >= 0.3 is 0 Å². The van der Waals surface area contributed by atoms with Gasteiger partial charge in [-0.05, 0) is 12.1 Å². The summed E-state index contributed by atoms with van der Waals surface area (Å²) in [7, 11) is 0. The summed E-state index contributed by atoms with van der Waals surface area (Å²) in [6, 6.07) is 3.18. The Morgan fingerprint density at radius 3 is 2.62 bits per heavy atom. The topological polar surface area (TPSA) is 41.1 Å². The third kappa shape index (κ3) is 3.94. The first kappa shape index (κ1) is 12.6. The molecule has 0 spiro atoms. The van der Waals surface area contributed by atoms with Crippen molar-refractivity contribution in [1.82, 2.24) is 5.32 Å². The second-order valence-electron chi connectivity index (χ2n) is 3.71. The average molecular weight is 228 g/mol. The van der Waals surface area contributed by atoms with E-state index >= 15 is 0 Å². The van der Waals surface area contributed by atoms with Gasteiger partial charge in [-0.25, -0.2) is 8.78 Å². The van der Waals surface area contributed by atoms with Crippen LogP contribution in [0.15, 0.2) is 18.2 Å². The van der Waals surface area contributed by atoms with Crippen molar-refractivity contribution in [1.29, 1.82) is 0 Å². The average Bonchev–Trinajstić information content (AvgIpc) is 2.19. The number of benzene rings is 1. The van der Waals surface area contributed by atoms with Gasteiger partial charge in [-0.1, -0.05) is 13.8 Å². The summed E-state index contributed by atoms with van der Waals surface area (Å²) in [4.78, 5) is 11.3. The molecule has 0 aliphatic rings. The summed E-state index contributed by atoms with van der Waals surface area (Å²) in [5.74, 6) is -1.81. The molecule has 0 atom stereocenters. The molecule has 1 aromatic carbocycles. The van der Waals surface area contributed by atoms with E-state index in [4.69, 9.17) is 0 Å². The summed E-state index contributed by atoms with van der Waals surface area (Å²) in [6.07, 6.45) is 0. The molecule has 0 aliphatic carbocycles. The Bertz CT molecular complexity index is 380. The summed E-state index contributed by atoms with van der Waals surface area (Å²) in [6.45, 7) is 3.88. The van der Waals surface area contributed by atoms with Crippen LogP contribution in [0.1, 0.15) is 13.8 Å². The molecule has 0 aliphatic heterocycles. The largest absolute Gasteiger partial charge is 0.322 e. The van der Waals surface area contributed by atoms with E-state index in [0.29, 0.717) is 0 Å². The molecule has 1 rings (SSSR count). The van der Waals surface area contributed by atoms with Crippen molar-refractivity contribution in [2.24, 2.45) is 0 Å². The quantitative estimate of drug-likeness (QED) is 0.826. The van der Waals surface area contributed by atoms with Crippen LogP contribution < -0.4 is 10.6 Å². The van der Waals surface area contributed by atoms with Crippen molar-refractivity contribution in [3.05, 3.63) is 29.8 Å². The lowest BCUT2D eigenvalue weighted by atomic mass is 10.3. The maximum Gasteiger partial charge on any atom is 0.238 e. The van der Waals surface area contributed by atoms with Gasteiger partial charge in [0.15, 0.2) is 0 Å². The highest BCUT2D eigenvalue weighted by Gasteiger charge is 2.07. The molecule has 3 nitrogen and oxygen atoms in total. The molecular weight excluding hydrogens is 214 g/mol. The van der Waals surface area contributed by atoms with Gasteiger partial charge in [-0.15, -0.1) is 0 Å². The zero-order valence-electron chi connectivity index (χ0n) is 9.18. The number of halogens is 2. The van der Waals surface area contributed by atoms with Crippen LogP contribution in [0.2, 0.25) is 0 Å². The normalized spacial score (nSPS) is 10.6. The maximum atomic E-state index is 13.1. The lowest BCUT2D eigenvalue weighted by Crippen LogP contribution is -2.32. The van der Waals surface area contributed by atoms with Gasteiger partial charge in [-0.2, -0.15) is 0 Å². The molecule has 0 radical (unpaired) electrons. The number of carbonyl (C=O) groups excluding carboxylic acids is 1. The highest BCUT2D eigenvalue weighted by Crippen LogP contribution is 2.14. The van der Waals surface area contributed by atoms with E-state index in [-0.39, 0.29) is 24.2 Å². The minimum Gasteiger partial charge on any atom is -0.322 e. The van der Waals surface area contributed by atoms with E-state index in [9.17, 15) is 13.6 Å². The van der Waals surface area contributed by atoms with Crippen molar-refractivity contribution in [2.75, 3.05) is 11.9 Å². The molecule has 0 saturated heterocycles. The van der Waals surface area contributed by atoms with Crippen LogP contribution in [-0.2, 0) is 4.79 Å². The fourth-order valence-corrected chi connectivity index (χ4v) is 1.08. The maximum absolute atomic E-state index is 13.1. The van der Waals surface area contributed by atoms with Gasteiger partial charge in [0.1, 0.15) is 11.6 Å². The summed E-state index contributed by atoms with van der Waals surface area (Å²) >= 11 is 0. The predicted molar refractivity (Wildman–Crippen MR) is 58.1 cm³/mol. The molecule has 0 saturated carbocycles. The first-order chi connectivity index (χ1) is 7.49. The minimum absolute atomic E-state index is 0.0167. The molecule has 0 heterocycles. The molecule has 0 aromatic heterocycles. The minimum atomic E-state index is -0.780. The number of rotatable bonds is 4. The lowest BCUT2D eigenvalue weighted by molar-refractivity contribution is -0.115. The Morgan fingerprint density at radius 2 is 2.06 bits per heavy atom. The molecule has 0 bridgehead atoms. The SMILES string of the molecule is CC(C)NCC(=O)Nc1ccc(F)cc1F.